The number of carbonyl (C=O) groups is 1. The minimum absolute atomic E-state index is 0.180. The van der Waals surface area contributed by atoms with Crippen LogP contribution in [0.5, 0.6) is 0 Å². The first-order chi connectivity index (χ1) is 13.1. The molecule has 4 atom stereocenters. The first kappa shape index (κ1) is 26.7. The van der Waals surface area contributed by atoms with Crippen molar-refractivity contribution in [1.29, 1.82) is 0 Å². The molecule has 0 aromatic rings. The second-order valence-electron chi connectivity index (χ2n) is 6.99. The van der Waals surface area contributed by atoms with E-state index in [1.807, 2.05) is 0 Å². The molecule has 1 fully saturated rings. The second-order valence-corrected chi connectivity index (χ2v) is 6.99. The van der Waals surface area contributed by atoms with E-state index in [4.69, 9.17) is 0 Å². The smallest absolute Gasteiger partial charge is 0.449 e. The number of carbonyl (C=O) groups excluding carboxylic acids is 1. The quantitative estimate of drug-likeness (QED) is 0.470. The topological polar surface area (TPSA) is 55.8 Å². The van der Waals surface area contributed by atoms with Crippen molar-refractivity contribution >= 4 is 5.97 Å². The fourth-order valence-corrected chi connectivity index (χ4v) is 2.71. The fourth-order valence-electron chi connectivity index (χ4n) is 2.71. The summed E-state index contributed by atoms with van der Waals surface area (Å²) in [5, 5.41) is 9.46. The number of hydrogen-bond acceptors (Lipinski definition) is 4. The highest BCUT2D eigenvalue weighted by atomic mass is 19.4. The number of alkyl halides is 11. The molecular weight excluding hydrogens is 453 g/mol. The average Bonchev–Trinajstić information content (AvgIpc) is 2.54. The van der Waals surface area contributed by atoms with Crippen molar-refractivity contribution in [2.45, 2.75) is 82.0 Å². The minimum Gasteiger partial charge on any atom is -0.455 e. The molecule has 1 aliphatic heterocycles. The molecule has 0 bridgehead atoms. The molecule has 178 valence electrons. The van der Waals surface area contributed by atoms with Crippen LogP contribution in [0.4, 0.5) is 48.3 Å². The normalized spacial score (nSPS) is 32.4. The van der Waals surface area contributed by atoms with Gasteiger partial charge in [-0.2, -0.15) is 48.3 Å². The molecule has 0 aromatic heterocycles. The molecule has 15 heteroatoms. The van der Waals surface area contributed by atoms with Gasteiger partial charge in [0.25, 0.3) is 0 Å². The van der Waals surface area contributed by atoms with E-state index >= 15 is 0 Å². The first-order valence-electron chi connectivity index (χ1n) is 8.28. The third-order valence-electron chi connectivity index (χ3n) is 5.22. The Kier molecular flexibility index (Phi) is 6.53. The van der Waals surface area contributed by atoms with Gasteiger partial charge in [-0.25, -0.2) is 0 Å². The van der Waals surface area contributed by atoms with Crippen LogP contribution in [0.25, 0.3) is 0 Å². The molecule has 0 radical (unpaired) electrons. The van der Waals surface area contributed by atoms with Crippen molar-refractivity contribution < 1.29 is 67.7 Å². The van der Waals surface area contributed by atoms with E-state index in [2.05, 4.69) is 9.47 Å². The maximum absolute atomic E-state index is 14.4. The van der Waals surface area contributed by atoms with E-state index in [1.165, 1.54) is 0 Å². The van der Waals surface area contributed by atoms with Gasteiger partial charge in [0.1, 0.15) is 0 Å². The Bertz CT molecular complexity index is 656. The van der Waals surface area contributed by atoms with Crippen molar-refractivity contribution in [3.63, 3.8) is 0 Å². The molecular formula is C15H17F11O4. The standard InChI is InChI=1S/C15H17F11O4/c1-4-9(3,13(18,19)20)8(27)29-7-6-10(5-2,14(21,22)23)30-12(28,11(7,16)17)15(24,25)26/h7,28H,4-6H2,1-3H3. The molecule has 0 aromatic carbocycles. The Morgan fingerprint density at radius 1 is 1.03 bits per heavy atom. The van der Waals surface area contributed by atoms with Gasteiger partial charge in [0.15, 0.2) is 17.1 Å². The van der Waals surface area contributed by atoms with Crippen LogP contribution in [0.1, 0.15) is 40.0 Å². The monoisotopic (exact) mass is 470 g/mol. The maximum atomic E-state index is 14.4. The molecule has 1 saturated heterocycles. The van der Waals surface area contributed by atoms with Gasteiger partial charge in [-0.1, -0.05) is 13.8 Å². The Balaban J connectivity index is 3.60. The maximum Gasteiger partial charge on any atom is 0.449 e. The fraction of sp³-hybridized carbons (Fsp3) is 0.933. The molecule has 4 unspecified atom stereocenters. The summed E-state index contributed by atoms with van der Waals surface area (Å²) in [6, 6.07) is 0. The average molecular weight is 470 g/mol. The number of esters is 1. The largest absolute Gasteiger partial charge is 0.455 e. The SMILES string of the molecule is CCC1(C(F)(F)F)CC(OC(=O)C(C)(CC)C(F)(F)F)C(F)(F)C(O)(C(F)(F)F)O1. The summed E-state index contributed by atoms with van der Waals surface area (Å²) in [6.45, 7) is 1.53. The van der Waals surface area contributed by atoms with Crippen molar-refractivity contribution in [3.05, 3.63) is 0 Å². The highest BCUT2D eigenvalue weighted by Crippen LogP contribution is 2.57. The number of hydrogen-bond donors (Lipinski definition) is 1. The third kappa shape index (κ3) is 3.82. The Morgan fingerprint density at radius 3 is 1.80 bits per heavy atom. The van der Waals surface area contributed by atoms with Gasteiger partial charge in [0.2, 0.25) is 0 Å². The van der Waals surface area contributed by atoms with Gasteiger partial charge in [-0.3, -0.25) is 4.79 Å². The van der Waals surface area contributed by atoms with E-state index in [0.29, 0.717) is 6.92 Å². The van der Waals surface area contributed by atoms with Crippen LogP contribution in [0, 0.1) is 5.41 Å². The minimum atomic E-state index is -6.54. The number of aliphatic hydroxyl groups is 1. The molecule has 1 rings (SSSR count). The van der Waals surface area contributed by atoms with Crippen molar-refractivity contribution in [1.82, 2.24) is 0 Å². The van der Waals surface area contributed by atoms with E-state index < -0.39 is 72.6 Å². The van der Waals surface area contributed by atoms with Crippen LogP contribution in [0.2, 0.25) is 0 Å². The van der Waals surface area contributed by atoms with Crippen LogP contribution >= 0.6 is 0 Å². The van der Waals surface area contributed by atoms with E-state index in [1.54, 1.807) is 0 Å². The Labute approximate surface area is 162 Å². The predicted octanol–water partition coefficient (Wildman–Crippen LogP) is 4.89. The predicted molar refractivity (Wildman–Crippen MR) is 75.1 cm³/mol. The molecule has 0 amide bonds. The van der Waals surface area contributed by atoms with Gasteiger partial charge >= 0.3 is 36.2 Å². The lowest BCUT2D eigenvalue weighted by Crippen LogP contribution is -2.75. The number of halogens is 11. The van der Waals surface area contributed by atoms with Crippen LogP contribution in [-0.2, 0) is 14.3 Å². The Morgan fingerprint density at radius 2 is 1.50 bits per heavy atom. The van der Waals surface area contributed by atoms with E-state index in [9.17, 15) is 58.2 Å². The zero-order valence-electron chi connectivity index (χ0n) is 15.5. The lowest BCUT2D eigenvalue weighted by molar-refractivity contribution is -0.505. The summed E-state index contributed by atoms with van der Waals surface area (Å²) in [5.74, 6) is -14.1. The van der Waals surface area contributed by atoms with Crippen molar-refractivity contribution in [2.75, 3.05) is 0 Å². The second kappa shape index (κ2) is 7.35. The van der Waals surface area contributed by atoms with Gasteiger partial charge in [0, 0.05) is 6.42 Å². The lowest BCUT2D eigenvalue weighted by atomic mass is 9.82. The van der Waals surface area contributed by atoms with E-state index in [-0.39, 0.29) is 6.92 Å². The zero-order chi connectivity index (χ0) is 24.2. The molecule has 30 heavy (non-hydrogen) atoms. The Hall–Kier alpha value is -1.38. The molecule has 1 heterocycles. The van der Waals surface area contributed by atoms with Crippen molar-refractivity contribution in [3.8, 4) is 0 Å². The van der Waals surface area contributed by atoms with Gasteiger partial charge < -0.3 is 14.6 Å². The number of rotatable bonds is 4. The van der Waals surface area contributed by atoms with Crippen LogP contribution in [0.3, 0.4) is 0 Å². The third-order valence-corrected chi connectivity index (χ3v) is 5.22. The summed E-state index contributed by atoms with van der Waals surface area (Å²) in [7, 11) is 0. The van der Waals surface area contributed by atoms with Crippen LogP contribution in [0.15, 0.2) is 0 Å². The molecule has 0 spiro atoms. The molecule has 4 nitrogen and oxygen atoms in total. The highest BCUT2D eigenvalue weighted by Gasteiger charge is 2.82. The van der Waals surface area contributed by atoms with Gasteiger partial charge in [-0.05, 0) is 19.8 Å². The lowest BCUT2D eigenvalue weighted by Gasteiger charge is -2.52. The van der Waals surface area contributed by atoms with Gasteiger partial charge in [0.05, 0.1) is 0 Å². The molecule has 0 saturated carbocycles. The first-order valence-corrected chi connectivity index (χ1v) is 8.28. The van der Waals surface area contributed by atoms with E-state index in [0.717, 1.165) is 6.92 Å². The summed E-state index contributed by atoms with van der Waals surface area (Å²) < 4.78 is 155. The summed E-state index contributed by atoms with van der Waals surface area (Å²) in [5.41, 5.74) is -7.60. The summed E-state index contributed by atoms with van der Waals surface area (Å²) >= 11 is 0. The molecule has 1 N–H and O–H groups in total. The summed E-state index contributed by atoms with van der Waals surface area (Å²) in [4.78, 5) is 11.9. The van der Waals surface area contributed by atoms with Crippen LogP contribution < -0.4 is 0 Å². The van der Waals surface area contributed by atoms with Gasteiger partial charge in [-0.15, -0.1) is 0 Å². The summed E-state index contributed by atoms with van der Waals surface area (Å²) in [6.07, 6.45) is -26.2. The zero-order valence-corrected chi connectivity index (χ0v) is 15.5. The van der Waals surface area contributed by atoms with Crippen molar-refractivity contribution in [2.24, 2.45) is 5.41 Å². The number of ether oxygens (including phenoxy) is 2. The highest BCUT2D eigenvalue weighted by molar-refractivity contribution is 5.77. The molecule has 0 aliphatic carbocycles. The molecule has 1 aliphatic rings. The van der Waals surface area contributed by atoms with Crippen LogP contribution in [-0.4, -0.2) is 53.0 Å².